The Morgan fingerprint density at radius 2 is 0.672 bits per heavy atom. The fourth-order valence-electron chi connectivity index (χ4n) is 7.85. The minimum atomic E-state index is -0.317. The minimum absolute atomic E-state index is 0.00656. The molecule has 3 N–H and O–H groups in total. The lowest BCUT2D eigenvalue weighted by atomic mass is 10.0. The average molecular weight is 807 g/mol. The first-order valence-corrected chi connectivity index (χ1v) is 20.7. The molecule has 13 nitrogen and oxygen atoms in total. The molecule has 0 radical (unpaired) electrons. The fraction of sp³-hybridized carbons (Fsp3) is 0.208. The largest absolute Gasteiger partial charge is 0.350 e. The van der Waals surface area contributed by atoms with Crippen LogP contribution in [0.4, 0.5) is 0 Å². The van der Waals surface area contributed by atoms with Gasteiger partial charge in [-0.05, 0) is 34.7 Å². The van der Waals surface area contributed by atoms with Crippen molar-refractivity contribution in [3.05, 3.63) is 227 Å². The third kappa shape index (κ3) is 9.27. The lowest BCUT2D eigenvalue weighted by molar-refractivity contribution is -0.427. The number of hydrogen-bond donors (Lipinski definition) is 1. The van der Waals surface area contributed by atoms with E-state index in [4.69, 9.17) is 25.7 Å². The van der Waals surface area contributed by atoms with Crippen molar-refractivity contribution in [3.8, 4) is 0 Å². The maximum atomic E-state index is 4.84. The first kappa shape index (κ1) is 39.1. The summed E-state index contributed by atoms with van der Waals surface area (Å²) in [4.78, 5) is 0. The number of quaternary nitrogens is 1. The third-order valence-electron chi connectivity index (χ3n) is 11.3. The number of aromatic nitrogens is 12. The summed E-state index contributed by atoms with van der Waals surface area (Å²) in [6.07, 6.45) is 10.8. The molecule has 61 heavy (non-hydrogen) atoms. The molecule has 0 saturated carbocycles. The molecule has 13 heteroatoms. The van der Waals surface area contributed by atoms with Crippen LogP contribution in [0.3, 0.4) is 0 Å². The number of nitrogens with zero attached hydrogens (tertiary/aromatic N) is 12. The molecule has 0 spiro atoms. The van der Waals surface area contributed by atoms with E-state index in [9.17, 15) is 0 Å². The van der Waals surface area contributed by atoms with E-state index in [0.29, 0.717) is 19.3 Å². The molecule has 0 saturated heterocycles. The predicted molar refractivity (Wildman–Crippen MR) is 231 cm³/mol. The van der Waals surface area contributed by atoms with Gasteiger partial charge >= 0.3 is 0 Å². The Kier molecular flexibility index (Phi) is 11.7. The molecule has 0 bridgehead atoms. The molecule has 9 aromatic rings. The standard InChI is InChI=1S/C48H47N13/c1-35(40-25-15-6-16-26-40)58-32-43(51-54-58)46(28-37-19-9-3-10-20-37)60-34-45(53-56-60)48(30-39-23-13-5-14-24-39)61-33-44(52-57-61)47(29-38-21-11-4-12-22-38)59-31-42(50-55-59)41(49)27-36-17-7-2-8-18-36/h2-26,31-35,41,46-48H,27-30,49H2,1H3/p+1/t35-,41+,46+,47+,48+/m1/s1. The molecule has 0 unspecified atom stereocenters. The summed E-state index contributed by atoms with van der Waals surface area (Å²) >= 11 is 0. The van der Waals surface area contributed by atoms with Gasteiger partial charge in [0, 0.05) is 25.7 Å². The zero-order valence-electron chi connectivity index (χ0n) is 34.0. The quantitative estimate of drug-likeness (QED) is 0.107. The molecule has 5 aromatic carbocycles. The monoisotopic (exact) mass is 806 g/mol. The normalized spacial score (nSPS) is 14.0. The predicted octanol–water partition coefficient (Wildman–Crippen LogP) is 6.68. The van der Waals surface area contributed by atoms with Gasteiger partial charge in [-0.2, -0.15) is 0 Å². The second-order valence-corrected chi connectivity index (χ2v) is 15.6. The van der Waals surface area contributed by atoms with Gasteiger partial charge in [0.15, 0.2) is 0 Å². The molecular formula is C48H48N13+. The van der Waals surface area contributed by atoms with Gasteiger partial charge < -0.3 is 5.73 Å². The molecule has 0 amide bonds. The molecular weight excluding hydrogens is 759 g/mol. The Labute approximate surface area is 354 Å². The third-order valence-corrected chi connectivity index (χ3v) is 11.3. The molecule has 0 aliphatic carbocycles. The van der Waals surface area contributed by atoms with E-state index >= 15 is 0 Å². The van der Waals surface area contributed by atoms with Gasteiger partial charge in [-0.3, -0.25) is 0 Å². The van der Waals surface area contributed by atoms with E-state index in [1.165, 1.54) is 5.56 Å². The lowest BCUT2D eigenvalue weighted by Gasteiger charge is -2.17. The maximum Gasteiger partial charge on any atom is 0.140 e. The van der Waals surface area contributed by atoms with Crippen molar-refractivity contribution in [2.45, 2.75) is 62.8 Å². The molecule has 304 valence electrons. The number of rotatable bonds is 17. The maximum absolute atomic E-state index is 4.84. The SMILES string of the molecule is C[C@H](c1ccccc1)n1cc([C@H](Cc2ccccc2)n2cc([C@H](Cc3ccccc3)n3cc([C@H](Cc4ccccc4)n4cc([C@@H]([NH3+])Cc5ccccc5)nn4)nn3)nn2)nn1. The molecule has 9 rings (SSSR count). The summed E-state index contributed by atoms with van der Waals surface area (Å²) in [5.74, 6) is 0. The van der Waals surface area contributed by atoms with Gasteiger partial charge in [0.25, 0.3) is 0 Å². The van der Waals surface area contributed by atoms with Crippen LogP contribution in [0.1, 0.15) is 87.7 Å². The van der Waals surface area contributed by atoms with Crippen molar-refractivity contribution in [1.29, 1.82) is 0 Å². The van der Waals surface area contributed by atoms with Crippen molar-refractivity contribution < 1.29 is 5.73 Å². The van der Waals surface area contributed by atoms with Gasteiger partial charge in [-0.15, -0.1) is 20.4 Å². The lowest BCUT2D eigenvalue weighted by Crippen LogP contribution is -2.54. The highest BCUT2D eigenvalue weighted by atomic mass is 15.5. The minimum Gasteiger partial charge on any atom is -0.350 e. The first-order chi connectivity index (χ1) is 30.0. The van der Waals surface area contributed by atoms with Crippen molar-refractivity contribution >= 4 is 0 Å². The summed E-state index contributed by atoms with van der Waals surface area (Å²) < 4.78 is 7.65. The van der Waals surface area contributed by atoms with Crippen LogP contribution in [-0.4, -0.2) is 60.0 Å². The molecule has 0 fully saturated rings. The Hall–Kier alpha value is -7.38. The molecule has 5 atom stereocenters. The van der Waals surface area contributed by atoms with Gasteiger partial charge in [0.1, 0.15) is 46.9 Å². The van der Waals surface area contributed by atoms with Gasteiger partial charge in [0.05, 0.1) is 30.8 Å². The summed E-state index contributed by atoms with van der Waals surface area (Å²) in [6, 6.07) is 50.9. The Balaban J connectivity index is 1.05. The first-order valence-electron chi connectivity index (χ1n) is 20.7. The van der Waals surface area contributed by atoms with Gasteiger partial charge in [-0.1, -0.05) is 173 Å². The van der Waals surface area contributed by atoms with E-state index in [2.05, 4.69) is 125 Å². The highest BCUT2D eigenvalue weighted by molar-refractivity contribution is 5.25. The van der Waals surface area contributed by atoms with Gasteiger partial charge in [-0.25, -0.2) is 18.7 Å². The van der Waals surface area contributed by atoms with E-state index < -0.39 is 0 Å². The van der Waals surface area contributed by atoms with Crippen LogP contribution in [0.25, 0.3) is 0 Å². The van der Waals surface area contributed by atoms with Crippen LogP contribution < -0.4 is 5.73 Å². The average Bonchev–Trinajstić information content (AvgIpc) is 4.17. The van der Waals surface area contributed by atoms with Crippen molar-refractivity contribution in [1.82, 2.24) is 60.0 Å². The molecule has 0 aliphatic heterocycles. The zero-order chi connectivity index (χ0) is 41.4. The number of hydrogen-bond acceptors (Lipinski definition) is 8. The van der Waals surface area contributed by atoms with E-state index in [-0.39, 0.29) is 30.2 Å². The Bertz CT molecular complexity index is 2710. The van der Waals surface area contributed by atoms with Gasteiger partial charge in [0.2, 0.25) is 0 Å². The van der Waals surface area contributed by atoms with Crippen molar-refractivity contribution in [2.24, 2.45) is 0 Å². The van der Waals surface area contributed by atoms with Crippen LogP contribution in [0, 0.1) is 0 Å². The van der Waals surface area contributed by atoms with Crippen LogP contribution in [-0.2, 0) is 25.7 Å². The Morgan fingerprint density at radius 3 is 1.07 bits per heavy atom. The van der Waals surface area contributed by atoms with Crippen LogP contribution in [0.15, 0.2) is 176 Å². The summed E-state index contributed by atoms with van der Waals surface area (Å²) in [5.41, 5.74) is 13.4. The highest BCUT2D eigenvalue weighted by Crippen LogP contribution is 2.29. The van der Waals surface area contributed by atoms with E-state index in [0.717, 1.165) is 51.5 Å². The molecule has 4 aromatic heterocycles. The molecule has 0 aliphatic rings. The zero-order valence-corrected chi connectivity index (χ0v) is 34.0. The Morgan fingerprint density at radius 1 is 0.377 bits per heavy atom. The van der Waals surface area contributed by atoms with E-state index in [1.54, 1.807) is 0 Å². The van der Waals surface area contributed by atoms with Crippen LogP contribution in [0.5, 0.6) is 0 Å². The van der Waals surface area contributed by atoms with Crippen molar-refractivity contribution in [3.63, 3.8) is 0 Å². The van der Waals surface area contributed by atoms with Crippen LogP contribution in [0.2, 0.25) is 0 Å². The summed E-state index contributed by atoms with van der Waals surface area (Å²) in [5, 5.41) is 37.8. The smallest absolute Gasteiger partial charge is 0.140 e. The van der Waals surface area contributed by atoms with E-state index in [1.807, 2.05) is 98.1 Å². The number of benzene rings is 5. The second-order valence-electron chi connectivity index (χ2n) is 15.6. The summed E-state index contributed by atoms with van der Waals surface area (Å²) in [7, 11) is 0. The summed E-state index contributed by atoms with van der Waals surface area (Å²) in [6.45, 7) is 2.13. The van der Waals surface area contributed by atoms with Crippen molar-refractivity contribution in [2.75, 3.05) is 0 Å². The fourth-order valence-corrected chi connectivity index (χ4v) is 7.85. The molecule has 4 heterocycles. The topological polar surface area (TPSA) is 150 Å². The second kappa shape index (κ2) is 18.3. The highest BCUT2D eigenvalue weighted by Gasteiger charge is 2.28. The van der Waals surface area contributed by atoms with Crippen LogP contribution >= 0.6 is 0 Å².